The molecule has 0 fully saturated rings. The van der Waals surface area contributed by atoms with Crippen LogP contribution in [0.5, 0.6) is 0 Å². The van der Waals surface area contributed by atoms with E-state index in [1.165, 1.54) is 41.6 Å². The molecule has 0 atom stereocenters. The maximum Gasteiger partial charge on any atom is 0.329 e. The number of nitrogens with one attached hydrogen (secondary N) is 1. The quantitative estimate of drug-likeness (QED) is 0.851. The fraction of sp³-hybridized carbons (Fsp3) is 0.667. The van der Waals surface area contributed by atoms with Crippen LogP contribution < -0.4 is 11.2 Å². The maximum atomic E-state index is 11.3. The number of rotatable bonds is 4. The molecule has 1 N–H and O–H groups in total. The highest BCUT2D eigenvalue weighted by Gasteiger charge is 2.16. The number of hydrogen-bond donors (Lipinski definition) is 1. The Hall–Kier alpha value is -1.89. The molecule has 2 aromatic heterocycles. The van der Waals surface area contributed by atoms with Crippen molar-refractivity contribution in [3.63, 3.8) is 0 Å². The fourth-order valence-electron chi connectivity index (χ4n) is 2.60. The summed E-state index contributed by atoms with van der Waals surface area (Å²) in [6, 6.07) is 0. The van der Waals surface area contributed by atoms with Crippen molar-refractivity contribution in [3.8, 4) is 0 Å². The van der Waals surface area contributed by atoms with Crippen molar-refractivity contribution < 1.29 is 4.48 Å². The van der Waals surface area contributed by atoms with Gasteiger partial charge in [0.05, 0.1) is 32.5 Å². The van der Waals surface area contributed by atoms with E-state index in [-0.39, 0.29) is 0 Å². The van der Waals surface area contributed by atoms with E-state index in [0.29, 0.717) is 11.2 Å². The molecule has 124 valence electrons. The first-order valence-electron chi connectivity index (χ1n) is 7.81. The molecule has 2 heterocycles. The van der Waals surface area contributed by atoms with Crippen LogP contribution in [0.1, 0.15) is 27.7 Å². The van der Waals surface area contributed by atoms with Gasteiger partial charge in [0.15, 0.2) is 11.2 Å². The highest BCUT2D eigenvalue weighted by atomic mass is 16.2. The third-order valence-electron chi connectivity index (χ3n) is 4.66. The largest absolute Gasteiger partial charge is 0.329 e. The van der Waals surface area contributed by atoms with E-state index in [9.17, 15) is 9.59 Å². The van der Waals surface area contributed by atoms with Gasteiger partial charge in [-0.2, -0.15) is 0 Å². The average Bonchev–Trinajstić information content (AvgIpc) is 2.91. The molecule has 0 aromatic carbocycles. The van der Waals surface area contributed by atoms with Crippen LogP contribution in [-0.4, -0.2) is 49.8 Å². The molecule has 0 spiro atoms. The Bertz CT molecular complexity index is 704. The van der Waals surface area contributed by atoms with Gasteiger partial charge in [0.25, 0.3) is 5.56 Å². The number of aryl methyl sites for hydroxylation is 2. The standard InChI is InChI=1S/C8H20N.C7H8N4O2/c1-5-9(6-2,7-3)8-4;1-10-3-8-5-4(10)6(12)9-7(13)11(5)2/h5-8H2,1-4H3;3H,1-2H3,(H,9,12,13)/q+1;. The van der Waals surface area contributed by atoms with Crippen molar-refractivity contribution in [2.24, 2.45) is 14.1 Å². The number of fused-ring (bicyclic) bond motifs is 1. The summed E-state index contributed by atoms with van der Waals surface area (Å²) >= 11 is 0. The zero-order valence-corrected chi connectivity index (χ0v) is 14.5. The SMILES string of the molecule is CC[N+](CC)(CC)CC.Cn1cnc2c1c(=O)[nH]c(=O)n2C. The summed E-state index contributed by atoms with van der Waals surface area (Å²) in [4.78, 5) is 28.6. The molecule has 0 amide bonds. The minimum Gasteiger partial charge on any atom is -0.328 e. The highest BCUT2D eigenvalue weighted by molar-refractivity contribution is 5.69. The van der Waals surface area contributed by atoms with Gasteiger partial charge in [-0.3, -0.25) is 14.3 Å². The van der Waals surface area contributed by atoms with Crippen LogP contribution in [0.2, 0.25) is 0 Å². The van der Waals surface area contributed by atoms with Crippen molar-refractivity contribution in [1.82, 2.24) is 19.1 Å². The van der Waals surface area contributed by atoms with Gasteiger partial charge >= 0.3 is 5.69 Å². The molecule has 2 rings (SSSR count). The predicted octanol–water partition coefficient (Wildman–Crippen LogP) is 0.843. The third kappa shape index (κ3) is 3.47. The predicted molar refractivity (Wildman–Crippen MR) is 89.0 cm³/mol. The van der Waals surface area contributed by atoms with E-state index in [1.54, 1.807) is 18.7 Å². The molecule has 0 aliphatic heterocycles. The third-order valence-corrected chi connectivity index (χ3v) is 4.66. The molecular formula is C15H28N5O2+. The molecule has 0 aliphatic rings. The topological polar surface area (TPSA) is 72.7 Å². The summed E-state index contributed by atoms with van der Waals surface area (Å²) in [6.07, 6.45) is 1.50. The smallest absolute Gasteiger partial charge is 0.328 e. The van der Waals surface area contributed by atoms with E-state index in [4.69, 9.17) is 0 Å². The molecule has 0 bridgehead atoms. The molecule has 0 aliphatic carbocycles. The molecular weight excluding hydrogens is 282 g/mol. The molecule has 0 radical (unpaired) electrons. The molecule has 0 saturated carbocycles. The van der Waals surface area contributed by atoms with Gasteiger partial charge in [0.2, 0.25) is 0 Å². The second kappa shape index (κ2) is 7.40. The number of nitrogens with zero attached hydrogens (tertiary/aromatic N) is 4. The normalized spacial score (nSPS) is 11.4. The summed E-state index contributed by atoms with van der Waals surface area (Å²) in [5.74, 6) is 0. The van der Waals surface area contributed by atoms with Crippen molar-refractivity contribution in [2.45, 2.75) is 27.7 Å². The zero-order chi connectivity index (χ0) is 16.9. The van der Waals surface area contributed by atoms with Gasteiger partial charge in [-0.1, -0.05) is 0 Å². The van der Waals surface area contributed by atoms with Gasteiger partial charge in [0, 0.05) is 14.1 Å². The Balaban J connectivity index is 0.000000239. The Morgan fingerprint density at radius 3 is 1.95 bits per heavy atom. The Kier molecular flexibility index (Phi) is 6.11. The van der Waals surface area contributed by atoms with E-state index >= 15 is 0 Å². The van der Waals surface area contributed by atoms with E-state index < -0.39 is 11.2 Å². The minimum absolute atomic E-state index is 0.399. The van der Waals surface area contributed by atoms with Gasteiger partial charge in [-0.05, 0) is 27.7 Å². The Labute approximate surface area is 130 Å². The van der Waals surface area contributed by atoms with Crippen LogP contribution in [-0.2, 0) is 14.1 Å². The molecule has 22 heavy (non-hydrogen) atoms. The van der Waals surface area contributed by atoms with Crippen LogP contribution >= 0.6 is 0 Å². The monoisotopic (exact) mass is 310 g/mol. The van der Waals surface area contributed by atoms with Crippen LogP contribution in [0, 0.1) is 0 Å². The van der Waals surface area contributed by atoms with Crippen molar-refractivity contribution in [3.05, 3.63) is 27.2 Å². The Morgan fingerprint density at radius 2 is 1.55 bits per heavy atom. The lowest BCUT2D eigenvalue weighted by Crippen LogP contribution is -2.47. The minimum atomic E-state index is -0.448. The second-order valence-electron chi connectivity index (χ2n) is 5.45. The molecule has 0 saturated heterocycles. The molecule has 2 aromatic rings. The number of aromatic amines is 1. The summed E-state index contributed by atoms with van der Waals surface area (Å²) in [5, 5.41) is 0. The van der Waals surface area contributed by atoms with Crippen molar-refractivity contribution in [1.29, 1.82) is 0 Å². The van der Waals surface area contributed by atoms with Gasteiger partial charge in [-0.25, -0.2) is 9.78 Å². The molecule has 7 nitrogen and oxygen atoms in total. The van der Waals surface area contributed by atoms with Gasteiger partial charge < -0.3 is 9.05 Å². The number of imidazole rings is 1. The van der Waals surface area contributed by atoms with Crippen LogP contribution in [0.25, 0.3) is 11.2 Å². The number of aromatic nitrogens is 4. The number of quaternary nitrogens is 1. The lowest BCUT2D eigenvalue weighted by Gasteiger charge is -2.34. The zero-order valence-electron chi connectivity index (χ0n) is 14.5. The van der Waals surface area contributed by atoms with Crippen LogP contribution in [0.3, 0.4) is 0 Å². The van der Waals surface area contributed by atoms with Gasteiger partial charge in [-0.15, -0.1) is 0 Å². The first-order chi connectivity index (χ1) is 10.4. The first kappa shape index (κ1) is 18.2. The average molecular weight is 310 g/mol. The van der Waals surface area contributed by atoms with E-state index in [1.807, 2.05) is 0 Å². The summed E-state index contributed by atoms with van der Waals surface area (Å²) < 4.78 is 4.16. The summed E-state index contributed by atoms with van der Waals surface area (Å²) in [7, 11) is 3.27. The molecule has 7 heteroatoms. The fourth-order valence-corrected chi connectivity index (χ4v) is 2.60. The lowest BCUT2D eigenvalue weighted by molar-refractivity contribution is -0.921. The number of hydrogen-bond acceptors (Lipinski definition) is 3. The number of H-pyrrole nitrogens is 1. The van der Waals surface area contributed by atoms with Crippen molar-refractivity contribution in [2.75, 3.05) is 26.2 Å². The summed E-state index contributed by atoms with van der Waals surface area (Å²) in [5.41, 5.74) is -0.0485. The van der Waals surface area contributed by atoms with Crippen molar-refractivity contribution >= 4 is 11.2 Å². The maximum absolute atomic E-state index is 11.3. The first-order valence-corrected chi connectivity index (χ1v) is 7.81. The second-order valence-corrected chi connectivity index (χ2v) is 5.45. The summed E-state index contributed by atoms with van der Waals surface area (Å²) in [6.45, 7) is 14.2. The van der Waals surface area contributed by atoms with E-state index in [0.717, 1.165) is 0 Å². The Morgan fingerprint density at radius 1 is 1.05 bits per heavy atom. The van der Waals surface area contributed by atoms with Crippen LogP contribution in [0.4, 0.5) is 0 Å². The van der Waals surface area contributed by atoms with Gasteiger partial charge in [0.1, 0.15) is 0 Å². The van der Waals surface area contributed by atoms with Crippen LogP contribution in [0.15, 0.2) is 15.9 Å². The highest BCUT2D eigenvalue weighted by Crippen LogP contribution is 2.03. The lowest BCUT2D eigenvalue weighted by atomic mass is 10.3. The molecule has 0 unspecified atom stereocenters. The van der Waals surface area contributed by atoms with E-state index in [2.05, 4.69) is 37.7 Å².